The maximum absolute atomic E-state index is 13.3. The summed E-state index contributed by atoms with van der Waals surface area (Å²) in [5.74, 6) is -2.22. The molecule has 0 saturated carbocycles. The average Bonchev–Trinajstić information content (AvgIpc) is 2.89. The van der Waals surface area contributed by atoms with Crippen LogP contribution in [0, 0.1) is 6.92 Å². The van der Waals surface area contributed by atoms with E-state index in [1.54, 1.807) is 6.92 Å². The largest absolute Gasteiger partial charge is 0.422 e. The fraction of sp³-hybridized carbons (Fsp3) is 0.286. The Bertz CT molecular complexity index is 1690. The van der Waals surface area contributed by atoms with Gasteiger partial charge in [-0.1, -0.05) is 6.07 Å². The zero-order chi connectivity index (χ0) is 27.6. The maximum atomic E-state index is 13.3. The van der Waals surface area contributed by atoms with E-state index in [0.29, 0.717) is 27.5 Å². The summed E-state index contributed by atoms with van der Waals surface area (Å²) < 4.78 is 45.5. The molecule has 0 bridgehead atoms. The van der Waals surface area contributed by atoms with Crippen molar-refractivity contribution in [3.8, 4) is 0 Å². The smallest absolute Gasteiger partial charge is 0.416 e. The van der Waals surface area contributed by atoms with Crippen molar-refractivity contribution in [2.45, 2.75) is 38.8 Å². The second kappa shape index (κ2) is 8.82. The molecule has 3 aromatic rings. The van der Waals surface area contributed by atoms with Crippen molar-refractivity contribution >= 4 is 46.3 Å². The van der Waals surface area contributed by atoms with E-state index >= 15 is 0 Å². The quantitative estimate of drug-likeness (QED) is 0.294. The van der Waals surface area contributed by atoms with Crippen LogP contribution in [0.4, 0.5) is 29.3 Å². The second-order valence-electron chi connectivity index (χ2n) is 9.87. The van der Waals surface area contributed by atoms with Crippen LogP contribution in [0.2, 0.25) is 0 Å². The number of nitrogens with zero attached hydrogens (tertiary/aromatic N) is 2. The standard InChI is InChI=1S/C28H22F3N3O5/c1-14-19-11-15-5-3-9-33-10-4-8-18(22(15)33)23(19)39-26(37)20(14)13-21-24(35)32-27(38)34(25(21)36)17-7-2-6-16(12-17)28(29,30)31/h2,6-7,11-13H,3-5,8-10H2,1H3,(H,32,35,38). The number of imide groups is 2. The van der Waals surface area contributed by atoms with Crippen molar-refractivity contribution in [2.75, 3.05) is 22.9 Å². The van der Waals surface area contributed by atoms with Crippen molar-refractivity contribution in [1.82, 2.24) is 5.32 Å². The van der Waals surface area contributed by atoms with Gasteiger partial charge in [-0.05, 0) is 74.1 Å². The van der Waals surface area contributed by atoms with Gasteiger partial charge in [-0.15, -0.1) is 0 Å². The Morgan fingerprint density at radius 1 is 1.03 bits per heavy atom. The molecule has 3 aliphatic rings. The number of benzene rings is 2. The number of aryl methyl sites for hydroxylation is 3. The molecule has 1 aromatic heterocycles. The van der Waals surface area contributed by atoms with Gasteiger partial charge in [0, 0.05) is 29.7 Å². The highest BCUT2D eigenvalue weighted by molar-refractivity contribution is 6.39. The number of hydrogen-bond acceptors (Lipinski definition) is 6. The van der Waals surface area contributed by atoms with Gasteiger partial charge < -0.3 is 9.32 Å². The number of amides is 4. The Kier molecular flexibility index (Phi) is 5.63. The number of hydrogen-bond donors (Lipinski definition) is 1. The number of barbiturate groups is 1. The molecule has 0 spiro atoms. The first kappa shape index (κ1) is 24.9. The van der Waals surface area contributed by atoms with E-state index in [-0.39, 0.29) is 11.3 Å². The lowest BCUT2D eigenvalue weighted by molar-refractivity contribution is -0.137. The fourth-order valence-corrected chi connectivity index (χ4v) is 5.70. The minimum Gasteiger partial charge on any atom is -0.422 e. The molecule has 1 saturated heterocycles. The molecular weight excluding hydrogens is 515 g/mol. The number of anilines is 2. The molecule has 4 heterocycles. The zero-order valence-electron chi connectivity index (χ0n) is 20.8. The predicted molar refractivity (Wildman–Crippen MR) is 137 cm³/mol. The van der Waals surface area contributed by atoms with Crippen LogP contribution in [0.1, 0.15) is 40.7 Å². The summed E-state index contributed by atoms with van der Waals surface area (Å²) in [4.78, 5) is 54.4. The molecule has 3 aliphatic heterocycles. The van der Waals surface area contributed by atoms with E-state index < -0.39 is 40.8 Å². The number of nitrogens with one attached hydrogen (secondary N) is 1. The normalized spacial score (nSPS) is 18.6. The van der Waals surface area contributed by atoms with Crippen LogP contribution in [0.5, 0.6) is 0 Å². The Morgan fingerprint density at radius 2 is 1.77 bits per heavy atom. The first-order chi connectivity index (χ1) is 18.5. The lowest BCUT2D eigenvalue weighted by atomic mass is 9.88. The monoisotopic (exact) mass is 537 g/mol. The molecule has 1 fully saturated rings. The van der Waals surface area contributed by atoms with E-state index in [9.17, 15) is 32.3 Å². The summed E-state index contributed by atoms with van der Waals surface area (Å²) >= 11 is 0. The molecule has 0 aliphatic carbocycles. The number of halogens is 3. The highest BCUT2D eigenvalue weighted by Crippen LogP contribution is 2.41. The SMILES string of the molecule is Cc1c(C=C2C(=O)NC(=O)N(c3cccc(C(F)(F)F)c3)C2=O)c(=O)oc2c3c4c(cc12)CCCN4CCC3. The summed E-state index contributed by atoms with van der Waals surface area (Å²) in [6, 6.07) is 4.42. The predicted octanol–water partition coefficient (Wildman–Crippen LogP) is 4.49. The van der Waals surface area contributed by atoms with Gasteiger partial charge in [0.25, 0.3) is 11.8 Å². The van der Waals surface area contributed by atoms with Crippen LogP contribution in [0.25, 0.3) is 17.0 Å². The third kappa shape index (κ3) is 4.00. The first-order valence-electron chi connectivity index (χ1n) is 12.5. The Labute approximate surface area is 219 Å². The van der Waals surface area contributed by atoms with Crippen molar-refractivity contribution in [3.63, 3.8) is 0 Å². The molecule has 11 heteroatoms. The second-order valence-corrected chi connectivity index (χ2v) is 9.87. The minimum atomic E-state index is -4.71. The number of urea groups is 1. The lowest BCUT2D eigenvalue weighted by Gasteiger charge is -2.37. The number of carbonyl (C=O) groups is 3. The molecule has 2 aromatic carbocycles. The molecule has 0 radical (unpaired) electrons. The average molecular weight is 537 g/mol. The molecule has 8 nitrogen and oxygen atoms in total. The van der Waals surface area contributed by atoms with E-state index in [0.717, 1.165) is 79.9 Å². The summed E-state index contributed by atoms with van der Waals surface area (Å²) in [5.41, 5.74) is 1.38. The van der Waals surface area contributed by atoms with Crippen molar-refractivity contribution in [2.24, 2.45) is 0 Å². The van der Waals surface area contributed by atoms with Gasteiger partial charge in [-0.2, -0.15) is 13.2 Å². The summed E-state index contributed by atoms with van der Waals surface area (Å²) in [6.07, 6.45) is -0.112. The summed E-state index contributed by atoms with van der Waals surface area (Å²) in [7, 11) is 0. The van der Waals surface area contributed by atoms with Gasteiger partial charge in [0.1, 0.15) is 11.2 Å². The highest BCUT2D eigenvalue weighted by Gasteiger charge is 2.39. The molecule has 200 valence electrons. The third-order valence-electron chi connectivity index (χ3n) is 7.52. The lowest BCUT2D eigenvalue weighted by Crippen LogP contribution is -2.54. The zero-order valence-corrected chi connectivity index (χ0v) is 20.8. The molecule has 0 atom stereocenters. The number of alkyl halides is 3. The summed E-state index contributed by atoms with van der Waals surface area (Å²) in [6.45, 7) is 3.57. The Morgan fingerprint density at radius 3 is 2.51 bits per heavy atom. The van der Waals surface area contributed by atoms with Gasteiger partial charge in [0.2, 0.25) is 0 Å². The van der Waals surface area contributed by atoms with Gasteiger partial charge in [-0.25, -0.2) is 14.5 Å². The van der Waals surface area contributed by atoms with Crippen LogP contribution in [0.3, 0.4) is 0 Å². The first-order valence-corrected chi connectivity index (χ1v) is 12.5. The molecule has 6 rings (SSSR count). The van der Waals surface area contributed by atoms with Crippen LogP contribution in [0.15, 0.2) is 45.1 Å². The molecule has 4 amide bonds. The van der Waals surface area contributed by atoms with Gasteiger partial charge >= 0.3 is 17.8 Å². The molecule has 0 unspecified atom stereocenters. The Hall–Kier alpha value is -4.41. The maximum Gasteiger partial charge on any atom is 0.416 e. The van der Waals surface area contributed by atoms with E-state index in [1.165, 1.54) is 0 Å². The van der Waals surface area contributed by atoms with Crippen LogP contribution in [-0.4, -0.2) is 30.9 Å². The van der Waals surface area contributed by atoms with Crippen molar-refractivity contribution in [1.29, 1.82) is 0 Å². The van der Waals surface area contributed by atoms with E-state index in [4.69, 9.17) is 4.42 Å². The number of fused-ring (bicyclic) bond motifs is 2. The minimum absolute atomic E-state index is 0.0463. The van der Waals surface area contributed by atoms with E-state index in [2.05, 4.69) is 4.90 Å². The number of rotatable bonds is 2. The van der Waals surface area contributed by atoms with Crippen LogP contribution >= 0.6 is 0 Å². The highest BCUT2D eigenvalue weighted by atomic mass is 19.4. The van der Waals surface area contributed by atoms with Crippen LogP contribution < -0.4 is 20.7 Å². The molecular formula is C28H22F3N3O5. The van der Waals surface area contributed by atoms with E-state index in [1.807, 2.05) is 11.4 Å². The topological polar surface area (TPSA) is 99.9 Å². The van der Waals surface area contributed by atoms with Crippen LogP contribution in [-0.2, 0) is 28.6 Å². The third-order valence-corrected chi connectivity index (χ3v) is 7.52. The summed E-state index contributed by atoms with van der Waals surface area (Å²) in [5, 5.41) is 2.66. The molecule has 1 N–H and O–H groups in total. The van der Waals surface area contributed by atoms with Gasteiger partial charge in [0.15, 0.2) is 0 Å². The Balaban J connectivity index is 1.47. The van der Waals surface area contributed by atoms with Crippen molar-refractivity contribution < 1.29 is 32.0 Å². The van der Waals surface area contributed by atoms with Gasteiger partial charge in [0.05, 0.1) is 16.8 Å². The van der Waals surface area contributed by atoms with Gasteiger partial charge in [-0.3, -0.25) is 14.9 Å². The fourth-order valence-electron chi connectivity index (χ4n) is 5.70. The number of carbonyl (C=O) groups excluding carboxylic acids is 3. The molecule has 39 heavy (non-hydrogen) atoms. The van der Waals surface area contributed by atoms with Crippen molar-refractivity contribution in [3.05, 3.63) is 74.1 Å².